The Morgan fingerprint density at radius 3 is 2.03 bits per heavy atom. The molecule has 1 saturated heterocycles. The van der Waals surface area contributed by atoms with Gasteiger partial charge in [-0.1, -0.05) is 45.0 Å². The maximum atomic E-state index is 12.3. The second-order valence-corrected chi connectivity index (χ2v) is 8.54. The average Bonchev–Trinajstić information content (AvgIpc) is 2.79. The van der Waals surface area contributed by atoms with E-state index in [9.17, 15) is 9.59 Å². The highest BCUT2D eigenvalue weighted by Gasteiger charge is 2.15. The van der Waals surface area contributed by atoms with Crippen molar-refractivity contribution in [2.75, 3.05) is 45.8 Å². The number of nitrogens with one attached hydrogen (secondary N) is 1. The lowest BCUT2D eigenvalue weighted by molar-refractivity contribution is -0.131. The van der Waals surface area contributed by atoms with E-state index in [1.54, 1.807) is 0 Å². The van der Waals surface area contributed by atoms with Gasteiger partial charge in [-0.15, -0.1) is 0 Å². The molecule has 1 aromatic rings. The summed E-state index contributed by atoms with van der Waals surface area (Å²) in [5, 5.41) is 2.98. The van der Waals surface area contributed by atoms with Crippen LogP contribution >= 0.6 is 0 Å². The fourth-order valence-electron chi connectivity index (χ4n) is 4.03. The van der Waals surface area contributed by atoms with E-state index in [4.69, 9.17) is 0 Å². The van der Waals surface area contributed by atoms with Crippen LogP contribution in [0, 0.1) is 0 Å². The van der Waals surface area contributed by atoms with E-state index in [1.807, 2.05) is 4.90 Å². The third-order valence-electron chi connectivity index (χ3n) is 5.97. The minimum Gasteiger partial charge on any atom is -0.352 e. The van der Waals surface area contributed by atoms with Gasteiger partial charge in [0.15, 0.2) is 0 Å². The molecule has 0 bridgehead atoms. The molecule has 1 aliphatic heterocycles. The molecule has 1 N–H and O–H groups in total. The van der Waals surface area contributed by atoms with Crippen molar-refractivity contribution < 1.29 is 9.59 Å². The fourth-order valence-corrected chi connectivity index (χ4v) is 4.03. The molecule has 174 valence electrons. The Hall–Kier alpha value is -1.92. The van der Waals surface area contributed by atoms with Crippen molar-refractivity contribution in [3.8, 4) is 0 Å². The van der Waals surface area contributed by atoms with Crippen LogP contribution in [0.15, 0.2) is 24.3 Å². The van der Waals surface area contributed by atoms with E-state index >= 15 is 0 Å². The van der Waals surface area contributed by atoms with Gasteiger partial charge in [-0.25, -0.2) is 0 Å². The smallest absolute Gasteiger partial charge is 0.222 e. The molecule has 2 rings (SSSR count). The first-order chi connectivity index (χ1) is 15.0. The highest BCUT2D eigenvalue weighted by Crippen LogP contribution is 2.10. The molecule has 6 nitrogen and oxygen atoms in total. The van der Waals surface area contributed by atoms with E-state index in [-0.39, 0.29) is 11.8 Å². The number of hydrogen-bond acceptors (Lipinski definition) is 4. The molecule has 1 heterocycles. The van der Waals surface area contributed by atoms with Gasteiger partial charge in [0.2, 0.25) is 11.8 Å². The van der Waals surface area contributed by atoms with Gasteiger partial charge in [-0.3, -0.25) is 14.5 Å². The lowest BCUT2D eigenvalue weighted by atomic mass is 10.1. The summed E-state index contributed by atoms with van der Waals surface area (Å²) in [4.78, 5) is 31.3. The molecule has 0 atom stereocenters. The molecular formula is C25H42N4O2. The number of rotatable bonds is 13. The van der Waals surface area contributed by atoms with E-state index < -0.39 is 0 Å². The van der Waals surface area contributed by atoms with E-state index in [0.717, 1.165) is 70.8 Å². The van der Waals surface area contributed by atoms with Gasteiger partial charge < -0.3 is 15.1 Å². The topological polar surface area (TPSA) is 55.9 Å². The molecule has 31 heavy (non-hydrogen) atoms. The van der Waals surface area contributed by atoms with Crippen LogP contribution < -0.4 is 5.32 Å². The van der Waals surface area contributed by atoms with Crippen molar-refractivity contribution in [2.24, 2.45) is 0 Å². The van der Waals surface area contributed by atoms with Crippen molar-refractivity contribution in [1.82, 2.24) is 20.0 Å². The standard InChI is InChI=1S/C25H42N4O2/c1-4-14-29(15-5-2)25(31)9-7-8-24(30)26-20-22-10-12-23(13-11-22)21-28-18-16-27(6-3)17-19-28/h10-13H,4-9,14-21H2,1-3H3,(H,26,30). The summed E-state index contributed by atoms with van der Waals surface area (Å²) in [6.07, 6.45) is 3.41. The number of carbonyl (C=O) groups is 2. The Morgan fingerprint density at radius 1 is 0.871 bits per heavy atom. The lowest BCUT2D eigenvalue weighted by Crippen LogP contribution is -2.45. The van der Waals surface area contributed by atoms with Crippen LogP contribution in [0.5, 0.6) is 0 Å². The van der Waals surface area contributed by atoms with Crippen molar-refractivity contribution in [3.63, 3.8) is 0 Å². The number of amides is 2. The van der Waals surface area contributed by atoms with Gasteiger partial charge in [0.1, 0.15) is 0 Å². The number of likely N-dealkylation sites (N-methyl/N-ethyl adjacent to an activating group) is 1. The predicted octanol–water partition coefficient (Wildman–Crippen LogP) is 3.26. The number of benzene rings is 1. The third kappa shape index (κ3) is 9.40. The van der Waals surface area contributed by atoms with E-state index in [0.29, 0.717) is 25.8 Å². The van der Waals surface area contributed by atoms with Crippen LogP contribution in [0.1, 0.15) is 64.0 Å². The van der Waals surface area contributed by atoms with Gasteiger partial charge in [0.25, 0.3) is 0 Å². The zero-order chi connectivity index (χ0) is 22.5. The monoisotopic (exact) mass is 430 g/mol. The summed E-state index contributed by atoms with van der Waals surface area (Å²) in [7, 11) is 0. The average molecular weight is 431 g/mol. The van der Waals surface area contributed by atoms with Crippen LogP contribution in [0.4, 0.5) is 0 Å². The third-order valence-corrected chi connectivity index (χ3v) is 5.97. The molecule has 0 aromatic heterocycles. The van der Waals surface area contributed by atoms with Crippen molar-refractivity contribution in [2.45, 2.75) is 66.0 Å². The normalized spacial score (nSPS) is 15.1. The molecule has 6 heteroatoms. The summed E-state index contributed by atoms with van der Waals surface area (Å²) in [5.74, 6) is 0.186. The van der Waals surface area contributed by atoms with Gasteiger partial charge in [-0.05, 0) is 36.9 Å². The predicted molar refractivity (Wildman–Crippen MR) is 127 cm³/mol. The van der Waals surface area contributed by atoms with Gasteiger partial charge in [0.05, 0.1) is 0 Å². The van der Waals surface area contributed by atoms with Crippen molar-refractivity contribution in [3.05, 3.63) is 35.4 Å². The molecule has 0 unspecified atom stereocenters. The fraction of sp³-hybridized carbons (Fsp3) is 0.680. The first-order valence-corrected chi connectivity index (χ1v) is 12.1. The second-order valence-electron chi connectivity index (χ2n) is 8.54. The Labute approximate surface area is 189 Å². The molecule has 0 radical (unpaired) electrons. The maximum absolute atomic E-state index is 12.3. The van der Waals surface area contributed by atoms with Crippen LogP contribution in [0.3, 0.4) is 0 Å². The Balaban J connectivity index is 1.65. The molecule has 1 fully saturated rings. The molecule has 0 saturated carbocycles. The minimum atomic E-state index is 0.0169. The largest absolute Gasteiger partial charge is 0.352 e. The van der Waals surface area contributed by atoms with Crippen LogP contribution in [0.25, 0.3) is 0 Å². The zero-order valence-corrected chi connectivity index (χ0v) is 19.9. The Morgan fingerprint density at radius 2 is 1.45 bits per heavy atom. The number of carbonyl (C=O) groups excluding carboxylic acids is 2. The summed E-state index contributed by atoms with van der Waals surface area (Å²) in [6.45, 7) is 15.3. The molecule has 0 aliphatic carbocycles. The number of hydrogen-bond donors (Lipinski definition) is 1. The summed E-state index contributed by atoms with van der Waals surface area (Å²) >= 11 is 0. The molecular weight excluding hydrogens is 388 g/mol. The first-order valence-electron chi connectivity index (χ1n) is 12.1. The summed E-state index contributed by atoms with van der Waals surface area (Å²) < 4.78 is 0. The van der Waals surface area contributed by atoms with Crippen LogP contribution in [-0.2, 0) is 22.7 Å². The van der Waals surface area contributed by atoms with Gasteiger partial charge in [0, 0.05) is 65.2 Å². The molecule has 0 spiro atoms. The number of nitrogens with zero attached hydrogens (tertiary/aromatic N) is 3. The SMILES string of the molecule is CCCN(CCC)C(=O)CCCC(=O)NCc1ccc(CN2CCN(CC)CC2)cc1. The zero-order valence-electron chi connectivity index (χ0n) is 19.9. The van der Waals surface area contributed by atoms with Crippen molar-refractivity contribution >= 4 is 11.8 Å². The first kappa shape index (κ1) is 25.3. The summed E-state index contributed by atoms with van der Waals surface area (Å²) in [5.41, 5.74) is 2.43. The van der Waals surface area contributed by atoms with E-state index in [2.05, 4.69) is 60.2 Å². The lowest BCUT2D eigenvalue weighted by Gasteiger charge is -2.34. The highest BCUT2D eigenvalue weighted by molar-refractivity contribution is 5.79. The van der Waals surface area contributed by atoms with Gasteiger partial charge in [-0.2, -0.15) is 0 Å². The Kier molecular flexibility index (Phi) is 11.6. The maximum Gasteiger partial charge on any atom is 0.222 e. The van der Waals surface area contributed by atoms with Crippen molar-refractivity contribution in [1.29, 1.82) is 0 Å². The number of piperazine rings is 1. The van der Waals surface area contributed by atoms with E-state index in [1.165, 1.54) is 5.56 Å². The quantitative estimate of drug-likeness (QED) is 0.522. The minimum absolute atomic E-state index is 0.0169. The molecule has 1 aromatic carbocycles. The highest BCUT2D eigenvalue weighted by atomic mass is 16.2. The Bertz CT molecular complexity index is 648. The van der Waals surface area contributed by atoms with Crippen LogP contribution in [-0.4, -0.2) is 72.3 Å². The second kappa shape index (κ2) is 14.2. The van der Waals surface area contributed by atoms with Gasteiger partial charge >= 0.3 is 0 Å². The van der Waals surface area contributed by atoms with Crippen LogP contribution in [0.2, 0.25) is 0 Å². The summed E-state index contributed by atoms with van der Waals surface area (Å²) in [6, 6.07) is 8.55. The molecule has 1 aliphatic rings. The molecule has 2 amide bonds.